The molecule has 0 bridgehead atoms. The highest BCUT2D eigenvalue weighted by Crippen LogP contribution is 2.23. The molecule has 0 radical (unpaired) electrons. The zero-order valence-electron chi connectivity index (χ0n) is 16.8. The van der Waals surface area contributed by atoms with Crippen LogP contribution in [-0.2, 0) is 10.0 Å². The number of ether oxygens (including phenoxy) is 1. The number of hydrogen-bond donors (Lipinski definition) is 3. The summed E-state index contributed by atoms with van der Waals surface area (Å²) in [5.41, 5.74) is 4.67. The van der Waals surface area contributed by atoms with Crippen molar-refractivity contribution >= 4 is 39.1 Å². The van der Waals surface area contributed by atoms with E-state index in [1.807, 2.05) is 6.92 Å². The molecule has 3 N–H and O–H groups in total. The number of benzene rings is 2. The maximum Gasteiger partial charge on any atom is 0.288 e. The Hall–Kier alpha value is -3.63. The Morgan fingerprint density at radius 3 is 2.38 bits per heavy atom. The van der Waals surface area contributed by atoms with Gasteiger partial charge < -0.3 is 4.74 Å². The molecule has 32 heavy (non-hydrogen) atoms. The van der Waals surface area contributed by atoms with Crippen LogP contribution in [0.1, 0.15) is 27.8 Å². The molecule has 1 aromatic heterocycles. The van der Waals surface area contributed by atoms with E-state index in [1.165, 1.54) is 24.4 Å². The van der Waals surface area contributed by atoms with Gasteiger partial charge in [-0.2, -0.15) is 0 Å². The number of amides is 2. The highest BCUT2D eigenvalue weighted by Gasteiger charge is 2.20. The number of hydrogen-bond acceptors (Lipinski definition) is 6. The van der Waals surface area contributed by atoms with Gasteiger partial charge in [0.2, 0.25) is 0 Å². The lowest BCUT2D eigenvalue weighted by Crippen LogP contribution is -2.42. The molecule has 9 nitrogen and oxygen atoms in total. The molecule has 3 rings (SSSR count). The molecule has 0 aliphatic heterocycles. The lowest BCUT2D eigenvalue weighted by atomic mass is 10.2. The van der Waals surface area contributed by atoms with E-state index >= 15 is 0 Å². The summed E-state index contributed by atoms with van der Waals surface area (Å²) in [7, 11) is -4.01. The lowest BCUT2D eigenvalue weighted by Gasteiger charge is -2.12. The summed E-state index contributed by atoms with van der Waals surface area (Å²) in [5.74, 6) is -0.831. The average Bonchev–Trinajstić information content (AvgIpc) is 2.79. The molecule has 0 unspecified atom stereocenters. The Balaban J connectivity index is 1.73. The minimum Gasteiger partial charge on any atom is -0.494 e. The van der Waals surface area contributed by atoms with Crippen LogP contribution in [0, 0.1) is 0 Å². The van der Waals surface area contributed by atoms with Gasteiger partial charge in [-0.15, -0.1) is 0 Å². The van der Waals surface area contributed by atoms with Crippen molar-refractivity contribution in [1.29, 1.82) is 0 Å². The first-order valence-corrected chi connectivity index (χ1v) is 11.2. The van der Waals surface area contributed by atoms with Crippen LogP contribution in [0.2, 0.25) is 5.02 Å². The molecule has 2 amide bonds. The largest absolute Gasteiger partial charge is 0.494 e. The van der Waals surface area contributed by atoms with Crippen LogP contribution >= 0.6 is 11.6 Å². The fourth-order valence-corrected chi connectivity index (χ4v) is 3.88. The third-order valence-corrected chi connectivity index (χ3v) is 5.81. The monoisotopic (exact) mass is 474 g/mol. The van der Waals surface area contributed by atoms with Crippen molar-refractivity contribution < 1.29 is 22.7 Å². The summed E-state index contributed by atoms with van der Waals surface area (Å²) in [5, 5.41) is 0.00889. The molecule has 0 atom stereocenters. The number of aromatic nitrogens is 1. The molecule has 2 aromatic carbocycles. The molecule has 11 heteroatoms. The summed E-state index contributed by atoms with van der Waals surface area (Å²) in [6, 6.07) is 14.8. The molecule has 0 aliphatic carbocycles. The van der Waals surface area contributed by atoms with E-state index in [1.54, 1.807) is 36.4 Å². The molecule has 166 valence electrons. The Bertz CT molecular complexity index is 1220. The fraction of sp³-hybridized carbons (Fsp3) is 0.0952. The van der Waals surface area contributed by atoms with E-state index in [0.29, 0.717) is 18.0 Å². The third-order valence-electron chi connectivity index (χ3n) is 4.10. The first kappa shape index (κ1) is 23.0. The smallest absolute Gasteiger partial charge is 0.288 e. The maximum atomic E-state index is 12.8. The number of carbonyl (C=O) groups is 2. The molecule has 0 saturated carbocycles. The predicted molar refractivity (Wildman–Crippen MR) is 119 cm³/mol. The Kier molecular flexibility index (Phi) is 7.29. The van der Waals surface area contributed by atoms with Crippen LogP contribution in [0.15, 0.2) is 71.8 Å². The second-order valence-electron chi connectivity index (χ2n) is 6.33. The van der Waals surface area contributed by atoms with E-state index < -0.39 is 21.8 Å². The predicted octanol–water partition coefficient (Wildman–Crippen LogP) is 3.01. The topological polar surface area (TPSA) is 126 Å². The van der Waals surface area contributed by atoms with Gasteiger partial charge in [0, 0.05) is 11.9 Å². The van der Waals surface area contributed by atoms with E-state index in [-0.39, 0.29) is 21.2 Å². The second kappa shape index (κ2) is 10.1. The Morgan fingerprint density at radius 1 is 1.00 bits per heavy atom. The number of anilines is 1. The summed E-state index contributed by atoms with van der Waals surface area (Å²) in [6.45, 7) is 2.33. The summed E-state index contributed by atoms with van der Waals surface area (Å²) >= 11 is 6.07. The Morgan fingerprint density at radius 2 is 1.72 bits per heavy atom. The second-order valence-corrected chi connectivity index (χ2v) is 8.42. The van der Waals surface area contributed by atoms with Crippen molar-refractivity contribution in [3.05, 3.63) is 83.1 Å². The van der Waals surface area contributed by atoms with E-state index in [0.717, 1.165) is 6.07 Å². The lowest BCUT2D eigenvalue weighted by molar-refractivity contribution is 0.0844. The van der Waals surface area contributed by atoms with Crippen LogP contribution in [0.25, 0.3) is 0 Å². The van der Waals surface area contributed by atoms with Crippen LogP contribution in [0.5, 0.6) is 5.75 Å². The van der Waals surface area contributed by atoms with Crippen molar-refractivity contribution in [1.82, 2.24) is 15.8 Å². The maximum absolute atomic E-state index is 12.8. The van der Waals surface area contributed by atoms with Gasteiger partial charge >= 0.3 is 0 Å². The molecule has 1 heterocycles. The quantitative estimate of drug-likeness (QED) is 0.452. The van der Waals surface area contributed by atoms with Crippen molar-refractivity contribution in [2.45, 2.75) is 11.8 Å². The van der Waals surface area contributed by atoms with Gasteiger partial charge in [-0.3, -0.25) is 30.1 Å². The first-order valence-electron chi connectivity index (χ1n) is 9.37. The molecular formula is C21H19ClN4O5S. The first-order chi connectivity index (χ1) is 15.3. The fourth-order valence-electron chi connectivity index (χ4n) is 2.59. The van der Waals surface area contributed by atoms with Crippen LogP contribution in [0.4, 0.5) is 5.69 Å². The minimum atomic E-state index is -4.01. The van der Waals surface area contributed by atoms with Gasteiger partial charge in [-0.1, -0.05) is 17.7 Å². The van der Waals surface area contributed by atoms with Crippen molar-refractivity contribution in [3.8, 4) is 5.75 Å². The molecular weight excluding hydrogens is 456 g/mol. The number of hydrazine groups is 1. The van der Waals surface area contributed by atoms with Crippen molar-refractivity contribution in [2.24, 2.45) is 0 Å². The van der Waals surface area contributed by atoms with Crippen LogP contribution in [0.3, 0.4) is 0 Å². The van der Waals surface area contributed by atoms with Gasteiger partial charge in [-0.25, -0.2) is 8.42 Å². The zero-order valence-corrected chi connectivity index (χ0v) is 18.4. The third kappa shape index (κ3) is 5.74. The molecule has 0 fully saturated rings. The van der Waals surface area contributed by atoms with E-state index in [2.05, 4.69) is 20.6 Å². The summed E-state index contributed by atoms with van der Waals surface area (Å²) < 4.78 is 33.3. The minimum absolute atomic E-state index is 0.00889. The normalized spacial score (nSPS) is 10.8. The standard InChI is InChI=1S/C21H19ClN4O5S/c1-2-31-15-8-6-14(7-9-15)26-32(29,30)16-10-11-18(22)17(13-16)20(27)24-25-21(28)19-5-3-4-12-23-19/h3-13,26H,2H2,1H3,(H,24,27)(H,25,28). The molecule has 0 saturated heterocycles. The number of nitrogens with one attached hydrogen (secondary N) is 3. The Labute approximate surface area is 189 Å². The van der Waals surface area contributed by atoms with Gasteiger partial charge in [0.15, 0.2) is 0 Å². The van der Waals surface area contributed by atoms with E-state index in [9.17, 15) is 18.0 Å². The summed E-state index contributed by atoms with van der Waals surface area (Å²) in [4.78, 5) is 28.2. The SMILES string of the molecule is CCOc1ccc(NS(=O)(=O)c2ccc(Cl)c(C(=O)NNC(=O)c3ccccn3)c2)cc1. The average molecular weight is 475 g/mol. The molecule has 0 aliphatic rings. The summed E-state index contributed by atoms with van der Waals surface area (Å²) in [6.07, 6.45) is 1.43. The highest BCUT2D eigenvalue weighted by molar-refractivity contribution is 7.92. The van der Waals surface area contributed by atoms with E-state index in [4.69, 9.17) is 16.3 Å². The van der Waals surface area contributed by atoms with Gasteiger partial charge in [0.1, 0.15) is 11.4 Å². The van der Waals surface area contributed by atoms with Gasteiger partial charge in [0.25, 0.3) is 21.8 Å². The van der Waals surface area contributed by atoms with Crippen LogP contribution < -0.4 is 20.3 Å². The number of halogens is 1. The molecule has 0 spiro atoms. The number of pyridine rings is 1. The number of nitrogens with zero attached hydrogens (tertiary/aromatic N) is 1. The van der Waals surface area contributed by atoms with Crippen LogP contribution in [-0.4, -0.2) is 31.8 Å². The zero-order chi connectivity index (χ0) is 23.1. The van der Waals surface area contributed by atoms with Crippen molar-refractivity contribution in [3.63, 3.8) is 0 Å². The highest BCUT2D eigenvalue weighted by atomic mass is 35.5. The number of carbonyl (C=O) groups excluding carboxylic acids is 2. The van der Waals surface area contributed by atoms with Gasteiger partial charge in [0.05, 0.1) is 22.1 Å². The molecule has 3 aromatic rings. The van der Waals surface area contributed by atoms with Crippen molar-refractivity contribution in [2.75, 3.05) is 11.3 Å². The number of rotatable bonds is 7. The van der Waals surface area contributed by atoms with Gasteiger partial charge in [-0.05, 0) is 61.5 Å². The number of sulfonamides is 1.